The van der Waals surface area contributed by atoms with Gasteiger partial charge in [0.15, 0.2) is 5.11 Å². The van der Waals surface area contributed by atoms with Crippen LogP contribution >= 0.6 is 12.2 Å². The fraction of sp³-hybridized carbons (Fsp3) is 0.227. The van der Waals surface area contributed by atoms with E-state index in [4.69, 9.17) is 17.0 Å². The highest BCUT2D eigenvalue weighted by Gasteiger charge is 2.30. The predicted octanol–water partition coefficient (Wildman–Crippen LogP) is 4.69. The molecule has 0 unspecified atom stereocenters. The zero-order valence-electron chi connectivity index (χ0n) is 15.3. The second-order valence-electron chi connectivity index (χ2n) is 6.52. The van der Waals surface area contributed by atoms with E-state index in [0.29, 0.717) is 6.61 Å². The van der Waals surface area contributed by atoms with Crippen LogP contribution in [0.4, 0.5) is 5.69 Å². The Labute approximate surface area is 165 Å². The van der Waals surface area contributed by atoms with Gasteiger partial charge in [0.25, 0.3) is 0 Å². The largest absolute Gasteiger partial charge is 0.494 e. The Morgan fingerprint density at radius 1 is 1.04 bits per heavy atom. The van der Waals surface area contributed by atoms with Crippen LogP contribution in [-0.4, -0.2) is 27.7 Å². The van der Waals surface area contributed by atoms with Crippen molar-refractivity contribution in [2.75, 3.05) is 18.5 Å². The van der Waals surface area contributed by atoms with Crippen molar-refractivity contribution in [1.29, 1.82) is 0 Å². The van der Waals surface area contributed by atoms with Gasteiger partial charge in [-0.2, -0.15) is 0 Å². The number of para-hydroxylation sites is 1. The highest BCUT2D eigenvalue weighted by Crippen LogP contribution is 2.33. The van der Waals surface area contributed by atoms with Gasteiger partial charge in [-0.25, -0.2) is 0 Å². The Morgan fingerprint density at radius 3 is 2.56 bits per heavy atom. The first-order valence-electron chi connectivity index (χ1n) is 9.26. The van der Waals surface area contributed by atoms with Gasteiger partial charge in [0.05, 0.1) is 12.6 Å². The van der Waals surface area contributed by atoms with Crippen molar-refractivity contribution < 1.29 is 4.74 Å². The van der Waals surface area contributed by atoms with Gasteiger partial charge in [-0.05, 0) is 61.1 Å². The summed E-state index contributed by atoms with van der Waals surface area (Å²) in [4.78, 5) is 2.27. The molecule has 1 aromatic heterocycles. The van der Waals surface area contributed by atoms with Crippen molar-refractivity contribution in [2.24, 2.45) is 0 Å². The maximum absolute atomic E-state index is 5.78. The molecule has 27 heavy (non-hydrogen) atoms. The van der Waals surface area contributed by atoms with Crippen molar-refractivity contribution in [3.63, 3.8) is 0 Å². The fourth-order valence-electron chi connectivity index (χ4n) is 3.58. The van der Waals surface area contributed by atoms with Gasteiger partial charge >= 0.3 is 0 Å². The average Bonchev–Trinajstić information content (AvgIpc) is 3.18. The number of nitrogens with zero attached hydrogens (tertiary/aromatic N) is 2. The van der Waals surface area contributed by atoms with E-state index >= 15 is 0 Å². The molecule has 0 radical (unpaired) electrons. The topological polar surface area (TPSA) is 29.4 Å². The van der Waals surface area contributed by atoms with Crippen LogP contribution in [0, 0.1) is 0 Å². The highest BCUT2D eigenvalue weighted by atomic mass is 32.1. The molecule has 1 aliphatic rings. The van der Waals surface area contributed by atoms with Crippen LogP contribution < -0.4 is 10.1 Å². The lowest BCUT2D eigenvalue weighted by molar-refractivity contribution is 0.293. The van der Waals surface area contributed by atoms with E-state index in [-0.39, 0.29) is 6.04 Å². The van der Waals surface area contributed by atoms with E-state index in [1.54, 1.807) is 0 Å². The number of thiocarbonyl (C=S) groups is 1. The van der Waals surface area contributed by atoms with E-state index in [0.717, 1.165) is 29.6 Å². The lowest BCUT2D eigenvalue weighted by Gasteiger charge is -2.39. The molecule has 0 saturated heterocycles. The number of anilines is 1. The van der Waals surface area contributed by atoms with Gasteiger partial charge in [0.1, 0.15) is 5.75 Å². The van der Waals surface area contributed by atoms with E-state index < -0.39 is 0 Å². The number of hydrogen-bond acceptors (Lipinski definition) is 2. The third kappa shape index (κ3) is 3.69. The zero-order valence-corrected chi connectivity index (χ0v) is 16.2. The minimum absolute atomic E-state index is 0.0770. The SMILES string of the molecule is CCOc1ccc([C@H]2c3cccn3CCN2C(=S)Nc2ccccc2)cc1. The Kier molecular flexibility index (Phi) is 5.12. The molecule has 0 aliphatic carbocycles. The number of hydrogen-bond donors (Lipinski definition) is 1. The molecule has 1 aliphatic heterocycles. The van der Waals surface area contributed by atoms with Gasteiger partial charge in [-0.3, -0.25) is 0 Å². The standard InChI is InChI=1S/C22H23N3OS/c1-2-26-19-12-10-17(11-13-19)21-20-9-6-14-24(20)15-16-25(21)22(27)23-18-7-4-3-5-8-18/h3-14,21H,2,15-16H2,1H3,(H,23,27)/t21-/m0/s1. The van der Waals surface area contributed by atoms with Crippen molar-refractivity contribution >= 4 is 23.0 Å². The Bertz CT molecular complexity index is 905. The molecule has 0 amide bonds. The summed E-state index contributed by atoms with van der Waals surface area (Å²) in [5.41, 5.74) is 3.46. The van der Waals surface area contributed by atoms with Crippen LogP contribution in [-0.2, 0) is 6.54 Å². The second-order valence-corrected chi connectivity index (χ2v) is 6.91. The first-order chi connectivity index (χ1) is 13.3. The molecular formula is C22H23N3OS. The molecule has 0 spiro atoms. The Hall–Kier alpha value is -2.79. The van der Waals surface area contributed by atoms with Crippen LogP contribution in [0.5, 0.6) is 5.75 Å². The summed E-state index contributed by atoms with van der Waals surface area (Å²) in [5.74, 6) is 0.893. The average molecular weight is 378 g/mol. The van der Waals surface area contributed by atoms with Crippen molar-refractivity contribution in [3.05, 3.63) is 84.2 Å². The zero-order chi connectivity index (χ0) is 18.6. The third-order valence-electron chi connectivity index (χ3n) is 4.83. The first-order valence-corrected chi connectivity index (χ1v) is 9.67. The summed E-state index contributed by atoms with van der Waals surface area (Å²) < 4.78 is 7.91. The molecule has 138 valence electrons. The molecule has 2 aromatic carbocycles. The second kappa shape index (κ2) is 7.84. The summed E-state index contributed by atoms with van der Waals surface area (Å²) in [6.45, 7) is 4.45. The number of rotatable bonds is 4. The summed E-state index contributed by atoms with van der Waals surface area (Å²) in [6.07, 6.45) is 2.14. The molecule has 5 heteroatoms. The quantitative estimate of drug-likeness (QED) is 0.668. The van der Waals surface area contributed by atoms with Gasteiger partial charge in [0.2, 0.25) is 0 Å². The van der Waals surface area contributed by atoms with Gasteiger partial charge in [-0.15, -0.1) is 0 Å². The predicted molar refractivity (Wildman–Crippen MR) is 113 cm³/mol. The van der Waals surface area contributed by atoms with Gasteiger partial charge in [0, 0.05) is 30.7 Å². The molecule has 2 heterocycles. The molecule has 1 N–H and O–H groups in total. The Balaban J connectivity index is 1.64. The number of benzene rings is 2. The van der Waals surface area contributed by atoms with Crippen LogP contribution in [0.2, 0.25) is 0 Å². The third-order valence-corrected chi connectivity index (χ3v) is 5.17. The number of aromatic nitrogens is 1. The van der Waals surface area contributed by atoms with E-state index in [2.05, 4.69) is 45.2 Å². The summed E-state index contributed by atoms with van der Waals surface area (Å²) >= 11 is 5.78. The molecule has 1 atom stereocenters. The lowest BCUT2D eigenvalue weighted by atomic mass is 10.00. The molecule has 4 rings (SSSR count). The van der Waals surface area contributed by atoms with E-state index in [1.165, 1.54) is 11.3 Å². The highest BCUT2D eigenvalue weighted by molar-refractivity contribution is 7.80. The molecule has 3 aromatic rings. The molecule has 4 nitrogen and oxygen atoms in total. The lowest BCUT2D eigenvalue weighted by Crippen LogP contribution is -2.44. The summed E-state index contributed by atoms with van der Waals surface area (Å²) in [6, 6.07) is 22.8. The van der Waals surface area contributed by atoms with Gasteiger partial charge < -0.3 is 19.5 Å². The maximum Gasteiger partial charge on any atom is 0.174 e. The number of fused-ring (bicyclic) bond motifs is 1. The van der Waals surface area contributed by atoms with Crippen molar-refractivity contribution in [3.8, 4) is 5.75 Å². The minimum Gasteiger partial charge on any atom is -0.494 e. The number of nitrogens with one attached hydrogen (secondary N) is 1. The van der Waals surface area contributed by atoms with Crippen LogP contribution in [0.15, 0.2) is 72.9 Å². The normalized spacial score (nSPS) is 15.9. The Morgan fingerprint density at radius 2 is 1.81 bits per heavy atom. The van der Waals surface area contributed by atoms with Gasteiger partial charge in [-0.1, -0.05) is 30.3 Å². The smallest absolute Gasteiger partial charge is 0.174 e. The van der Waals surface area contributed by atoms with Crippen molar-refractivity contribution in [2.45, 2.75) is 19.5 Å². The van der Waals surface area contributed by atoms with E-state index in [1.807, 2.05) is 49.4 Å². The molecular weight excluding hydrogens is 354 g/mol. The fourth-order valence-corrected chi connectivity index (χ4v) is 3.90. The maximum atomic E-state index is 5.78. The molecule has 0 bridgehead atoms. The van der Waals surface area contributed by atoms with E-state index in [9.17, 15) is 0 Å². The monoisotopic (exact) mass is 377 g/mol. The van der Waals surface area contributed by atoms with Crippen LogP contribution in [0.25, 0.3) is 0 Å². The van der Waals surface area contributed by atoms with Crippen LogP contribution in [0.1, 0.15) is 24.2 Å². The summed E-state index contributed by atoms with van der Waals surface area (Å²) in [5, 5.41) is 4.13. The van der Waals surface area contributed by atoms with Crippen molar-refractivity contribution in [1.82, 2.24) is 9.47 Å². The summed E-state index contributed by atoms with van der Waals surface area (Å²) in [7, 11) is 0. The number of ether oxygens (including phenoxy) is 1. The minimum atomic E-state index is 0.0770. The first kappa shape index (κ1) is 17.6. The molecule has 0 fully saturated rings. The molecule has 0 saturated carbocycles. The van der Waals surface area contributed by atoms with Crippen LogP contribution in [0.3, 0.4) is 0 Å².